The Labute approximate surface area is 197 Å². The number of benzene rings is 1. The normalized spacial score (nSPS) is 21.7. The van der Waals surface area contributed by atoms with Crippen molar-refractivity contribution in [3.63, 3.8) is 0 Å². The molecule has 1 aromatic carbocycles. The molecule has 0 saturated heterocycles. The van der Waals surface area contributed by atoms with E-state index in [-0.39, 0.29) is 23.8 Å². The summed E-state index contributed by atoms with van der Waals surface area (Å²) in [5.74, 6) is 0.345. The van der Waals surface area contributed by atoms with E-state index in [0.717, 1.165) is 19.4 Å². The van der Waals surface area contributed by atoms with Gasteiger partial charge >= 0.3 is 0 Å². The van der Waals surface area contributed by atoms with E-state index in [9.17, 15) is 4.39 Å². The Morgan fingerprint density at radius 2 is 2.12 bits per heavy atom. The maximum atomic E-state index is 14.2. The van der Waals surface area contributed by atoms with Gasteiger partial charge in [-0.3, -0.25) is 5.41 Å². The lowest BCUT2D eigenvalue weighted by Crippen LogP contribution is -2.26. The van der Waals surface area contributed by atoms with Crippen molar-refractivity contribution in [2.24, 2.45) is 11.0 Å². The van der Waals surface area contributed by atoms with Gasteiger partial charge in [-0.15, -0.1) is 0 Å². The third-order valence-electron chi connectivity index (χ3n) is 5.93. The Morgan fingerprint density at radius 3 is 2.79 bits per heavy atom. The molecule has 2 heterocycles. The lowest BCUT2D eigenvalue weighted by Gasteiger charge is -2.23. The fraction of sp³-hybridized carbons (Fsp3) is 0.375. The van der Waals surface area contributed by atoms with Gasteiger partial charge in [0.05, 0.1) is 23.3 Å². The summed E-state index contributed by atoms with van der Waals surface area (Å²) >= 11 is 0. The van der Waals surface area contributed by atoms with E-state index < -0.39 is 11.9 Å². The number of rotatable bonds is 5. The van der Waals surface area contributed by atoms with Gasteiger partial charge < -0.3 is 26.6 Å². The summed E-state index contributed by atoms with van der Waals surface area (Å²) in [6.45, 7) is 4.17. The summed E-state index contributed by atoms with van der Waals surface area (Å²) in [4.78, 5) is 8.90. The number of nitrogens with two attached hydrogens (primary N) is 1. The van der Waals surface area contributed by atoms with Crippen LogP contribution in [0.5, 0.6) is 5.88 Å². The Balaban J connectivity index is 1.95. The first-order valence-corrected chi connectivity index (χ1v) is 11.2. The third-order valence-corrected chi connectivity index (χ3v) is 5.93. The molecule has 0 spiro atoms. The molecule has 2 aromatic rings. The zero-order valence-electron chi connectivity index (χ0n) is 19.5. The SMILES string of the molecule is CN/N=C1/C/C(C(C)=N)=C(/NCC2CC2)c2cnc(N)c(n2)OC(C)c2cc(F)ccc2C1=N. The minimum Gasteiger partial charge on any atom is -0.467 e. The summed E-state index contributed by atoms with van der Waals surface area (Å²) < 4.78 is 20.2. The Hall–Kier alpha value is -3.82. The molecule has 4 rings (SSSR count). The summed E-state index contributed by atoms with van der Waals surface area (Å²) in [6.07, 6.45) is 3.38. The number of allylic oxidation sites excluding steroid dienone is 1. The maximum Gasteiger partial charge on any atom is 0.258 e. The second-order valence-electron chi connectivity index (χ2n) is 8.57. The average Bonchev–Trinajstić information content (AvgIpc) is 3.63. The van der Waals surface area contributed by atoms with Crippen LogP contribution >= 0.6 is 0 Å². The molecule has 178 valence electrons. The van der Waals surface area contributed by atoms with Gasteiger partial charge in [0.25, 0.3) is 5.88 Å². The highest BCUT2D eigenvalue weighted by molar-refractivity contribution is 6.48. The molecule has 1 aliphatic heterocycles. The lowest BCUT2D eigenvalue weighted by molar-refractivity contribution is 0.217. The van der Waals surface area contributed by atoms with Crippen LogP contribution in [0.2, 0.25) is 0 Å². The second kappa shape index (κ2) is 9.58. The molecule has 2 aliphatic rings. The molecule has 6 N–H and O–H groups in total. The summed E-state index contributed by atoms with van der Waals surface area (Å²) in [6, 6.07) is 4.19. The van der Waals surface area contributed by atoms with Crippen molar-refractivity contribution in [3.8, 4) is 5.88 Å². The molecule has 9 nitrogen and oxygen atoms in total. The molecule has 1 saturated carbocycles. The van der Waals surface area contributed by atoms with E-state index in [1.165, 1.54) is 12.1 Å². The van der Waals surface area contributed by atoms with E-state index in [2.05, 4.69) is 25.8 Å². The molecule has 34 heavy (non-hydrogen) atoms. The number of fused-ring (bicyclic) bond motifs is 3. The van der Waals surface area contributed by atoms with Crippen LogP contribution in [0.3, 0.4) is 0 Å². The largest absolute Gasteiger partial charge is 0.467 e. The molecule has 1 atom stereocenters. The Kier molecular flexibility index (Phi) is 6.58. The number of hydrazone groups is 1. The van der Waals surface area contributed by atoms with Gasteiger partial charge in [-0.1, -0.05) is 0 Å². The van der Waals surface area contributed by atoms with Gasteiger partial charge in [-0.25, -0.2) is 14.4 Å². The van der Waals surface area contributed by atoms with Crippen LogP contribution in [-0.2, 0) is 0 Å². The minimum absolute atomic E-state index is 0.104. The number of hydrogen-bond donors (Lipinski definition) is 5. The zero-order valence-corrected chi connectivity index (χ0v) is 19.5. The number of aromatic nitrogens is 2. The summed E-state index contributed by atoms with van der Waals surface area (Å²) in [5.41, 5.74) is 12.3. The fourth-order valence-corrected chi connectivity index (χ4v) is 3.89. The third kappa shape index (κ3) is 4.90. The first kappa shape index (κ1) is 23.3. The van der Waals surface area contributed by atoms with Crippen LogP contribution in [0.15, 0.2) is 35.1 Å². The van der Waals surface area contributed by atoms with Crippen molar-refractivity contribution in [2.75, 3.05) is 19.3 Å². The number of nitrogens with one attached hydrogen (secondary N) is 4. The molecule has 2 bridgehead atoms. The van der Waals surface area contributed by atoms with Crippen molar-refractivity contribution < 1.29 is 9.13 Å². The van der Waals surface area contributed by atoms with Crippen molar-refractivity contribution in [1.29, 1.82) is 10.8 Å². The number of ether oxygens (including phenoxy) is 1. The van der Waals surface area contributed by atoms with E-state index in [1.807, 2.05) is 0 Å². The Morgan fingerprint density at radius 1 is 1.35 bits per heavy atom. The number of halogens is 1. The van der Waals surface area contributed by atoms with Crippen molar-refractivity contribution in [1.82, 2.24) is 20.7 Å². The molecule has 1 fully saturated rings. The van der Waals surface area contributed by atoms with E-state index in [4.69, 9.17) is 21.3 Å². The number of nitrogen functional groups attached to an aromatic ring is 1. The molecule has 10 heteroatoms. The number of hydrogen-bond acceptors (Lipinski definition) is 9. The fourth-order valence-electron chi connectivity index (χ4n) is 3.89. The van der Waals surface area contributed by atoms with Gasteiger partial charge in [0.2, 0.25) is 0 Å². The maximum absolute atomic E-state index is 14.2. The van der Waals surface area contributed by atoms with Gasteiger partial charge in [-0.05, 0) is 50.8 Å². The molecule has 0 amide bonds. The summed E-state index contributed by atoms with van der Waals surface area (Å²) in [5, 5.41) is 25.3. The topological polar surface area (TPSA) is 145 Å². The van der Waals surface area contributed by atoms with Gasteiger partial charge in [0, 0.05) is 42.4 Å². The van der Waals surface area contributed by atoms with Crippen LogP contribution in [0, 0.1) is 22.6 Å². The number of nitrogens with zero attached hydrogens (tertiary/aromatic N) is 3. The molecular weight excluding hydrogens is 435 g/mol. The first-order valence-electron chi connectivity index (χ1n) is 11.2. The second-order valence-corrected chi connectivity index (χ2v) is 8.57. The van der Waals surface area contributed by atoms with E-state index >= 15 is 0 Å². The van der Waals surface area contributed by atoms with E-state index in [0.29, 0.717) is 45.4 Å². The van der Waals surface area contributed by atoms with E-state index in [1.54, 1.807) is 33.2 Å². The van der Waals surface area contributed by atoms with Gasteiger partial charge in [0.15, 0.2) is 5.82 Å². The highest BCUT2D eigenvalue weighted by atomic mass is 19.1. The van der Waals surface area contributed by atoms with Crippen molar-refractivity contribution in [3.05, 3.63) is 52.6 Å². The highest BCUT2D eigenvalue weighted by Gasteiger charge is 2.27. The number of anilines is 1. The van der Waals surface area contributed by atoms with Crippen LogP contribution in [0.4, 0.5) is 10.2 Å². The van der Waals surface area contributed by atoms with Crippen LogP contribution in [-0.4, -0.2) is 40.7 Å². The van der Waals surface area contributed by atoms with Gasteiger partial charge in [-0.2, -0.15) is 5.10 Å². The quantitative estimate of drug-likeness (QED) is 0.339. The van der Waals surface area contributed by atoms with Gasteiger partial charge in [0.1, 0.15) is 17.6 Å². The summed E-state index contributed by atoms with van der Waals surface area (Å²) in [7, 11) is 1.65. The molecule has 1 unspecified atom stereocenters. The van der Waals surface area contributed by atoms with Crippen LogP contribution in [0.25, 0.3) is 5.70 Å². The molecule has 1 aliphatic carbocycles. The van der Waals surface area contributed by atoms with Crippen molar-refractivity contribution >= 4 is 28.6 Å². The standard InChI is InChI=1S/C24H29FN8O/c1-12(26)17-9-19(33-29-3)21(27)16-7-6-15(25)8-18(16)13(2)34-24-23(28)31-11-20(32-24)22(17)30-10-14-4-5-14/h6-8,11,13-14,26-27,29-30H,4-5,9-10H2,1-3H3,(H2,28,31)/b22-17-,26-12?,27-21?,33-19-. The smallest absolute Gasteiger partial charge is 0.258 e. The molecule has 0 radical (unpaired) electrons. The molecule has 1 aromatic heterocycles. The Bertz CT molecular complexity index is 1200. The van der Waals surface area contributed by atoms with Crippen LogP contribution < -0.4 is 21.2 Å². The minimum atomic E-state index is -0.663. The lowest BCUT2D eigenvalue weighted by atomic mass is 9.92. The average molecular weight is 465 g/mol. The van der Waals surface area contributed by atoms with Crippen molar-refractivity contribution in [2.45, 2.75) is 39.2 Å². The highest BCUT2D eigenvalue weighted by Crippen LogP contribution is 2.32. The predicted octanol–water partition coefficient (Wildman–Crippen LogP) is 3.44. The zero-order chi connectivity index (χ0) is 24.4. The van der Waals surface area contributed by atoms with Crippen LogP contribution in [0.1, 0.15) is 56.0 Å². The monoisotopic (exact) mass is 464 g/mol. The first-order chi connectivity index (χ1) is 16.3. The molecular formula is C24H29FN8O. The predicted molar refractivity (Wildman–Crippen MR) is 131 cm³/mol.